The largest absolute Gasteiger partial charge is 0.496 e. The number of aromatic amines is 1. The molecule has 204 valence electrons. The normalized spacial score (nSPS) is 19.4. The Bertz CT molecular complexity index is 1760. The quantitative estimate of drug-likeness (QED) is 0.390. The summed E-state index contributed by atoms with van der Waals surface area (Å²) in [5.41, 5.74) is 7.73. The van der Waals surface area contributed by atoms with E-state index in [1.807, 2.05) is 20.8 Å². The standard InChI is InChI=1S/C31H33N7O2/c1-17-28(18(2)40-36-17)23-14-25-22(15-26(23)39-5)29-30(32-19(3)33-31(29)35-25)21-16-27(38-12-10-37(4)11-13-38)34-24-9-7-6-8-20(21)24/h6-9,14-16,24,34H,10-13H2,1-5H3,(H,32,33,35). The molecule has 4 aromatic rings. The van der Waals surface area contributed by atoms with Crippen LogP contribution in [0, 0.1) is 20.8 Å². The van der Waals surface area contributed by atoms with Gasteiger partial charge >= 0.3 is 0 Å². The Labute approximate surface area is 232 Å². The van der Waals surface area contributed by atoms with Crippen LogP contribution in [0.5, 0.6) is 5.75 Å². The van der Waals surface area contributed by atoms with Crippen molar-refractivity contribution in [2.24, 2.45) is 0 Å². The number of methoxy groups -OCH3 is 1. The lowest BCUT2D eigenvalue weighted by Gasteiger charge is -2.39. The number of ether oxygens (including phenoxy) is 1. The summed E-state index contributed by atoms with van der Waals surface area (Å²) >= 11 is 0. The molecule has 0 amide bonds. The van der Waals surface area contributed by atoms with Gasteiger partial charge in [-0.1, -0.05) is 29.5 Å². The minimum absolute atomic E-state index is 0.0795. The number of benzene rings is 1. The number of piperazine rings is 1. The molecule has 1 fully saturated rings. The van der Waals surface area contributed by atoms with Gasteiger partial charge in [0.15, 0.2) is 0 Å². The number of likely N-dealkylation sites (N-methyl/N-ethyl adjacent to an activating group) is 1. The summed E-state index contributed by atoms with van der Waals surface area (Å²) in [7, 11) is 3.88. The molecular weight excluding hydrogens is 502 g/mol. The number of aryl methyl sites for hydroxylation is 3. The van der Waals surface area contributed by atoms with Crippen molar-refractivity contribution < 1.29 is 9.26 Å². The Morgan fingerprint density at radius 2 is 1.88 bits per heavy atom. The maximum Gasteiger partial charge on any atom is 0.142 e. The molecule has 1 aliphatic carbocycles. The van der Waals surface area contributed by atoms with Gasteiger partial charge in [-0.05, 0) is 51.6 Å². The van der Waals surface area contributed by atoms with Crippen LogP contribution in [0.1, 0.15) is 23.0 Å². The van der Waals surface area contributed by atoms with Crippen molar-refractivity contribution in [2.45, 2.75) is 26.8 Å². The molecule has 0 bridgehead atoms. The van der Waals surface area contributed by atoms with Gasteiger partial charge in [0.2, 0.25) is 0 Å². The zero-order valence-corrected chi connectivity index (χ0v) is 23.5. The highest BCUT2D eigenvalue weighted by molar-refractivity contribution is 6.13. The van der Waals surface area contributed by atoms with Gasteiger partial charge in [0, 0.05) is 48.2 Å². The molecule has 2 aliphatic heterocycles. The molecular formula is C31H33N7O2. The number of hydrogen-bond donors (Lipinski definition) is 2. The highest BCUT2D eigenvalue weighted by atomic mass is 16.5. The number of H-pyrrole nitrogens is 1. The molecule has 1 aromatic carbocycles. The maximum atomic E-state index is 5.92. The van der Waals surface area contributed by atoms with Crippen molar-refractivity contribution in [3.8, 4) is 16.9 Å². The van der Waals surface area contributed by atoms with Crippen LogP contribution in [0.25, 0.3) is 38.6 Å². The second kappa shape index (κ2) is 9.38. The van der Waals surface area contributed by atoms with Crippen molar-refractivity contribution >= 4 is 27.5 Å². The molecule has 9 nitrogen and oxygen atoms in total. The molecule has 40 heavy (non-hydrogen) atoms. The number of nitrogens with zero attached hydrogens (tertiary/aromatic N) is 5. The Morgan fingerprint density at radius 3 is 2.62 bits per heavy atom. The van der Waals surface area contributed by atoms with Crippen molar-refractivity contribution in [3.05, 3.63) is 76.9 Å². The van der Waals surface area contributed by atoms with Crippen molar-refractivity contribution in [2.75, 3.05) is 40.3 Å². The van der Waals surface area contributed by atoms with Gasteiger partial charge < -0.3 is 29.4 Å². The summed E-state index contributed by atoms with van der Waals surface area (Å²) in [6.07, 6.45) is 10.9. The molecule has 1 unspecified atom stereocenters. The highest BCUT2D eigenvalue weighted by Crippen LogP contribution is 2.42. The predicted octanol–water partition coefficient (Wildman–Crippen LogP) is 4.64. The van der Waals surface area contributed by atoms with E-state index < -0.39 is 0 Å². The van der Waals surface area contributed by atoms with E-state index in [1.165, 1.54) is 5.57 Å². The van der Waals surface area contributed by atoms with Gasteiger partial charge in [0.1, 0.15) is 28.8 Å². The summed E-state index contributed by atoms with van der Waals surface area (Å²) in [4.78, 5) is 18.3. The van der Waals surface area contributed by atoms with E-state index in [0.717, 1.165) is 99.4 Å². The van der Waals surface area contributed by atoms with E-state index >= 15 is 0 Å². The first kappa shape index (κ1) is 24.7. The fourth-order valence-electron chi connectivity index (χ4n) is 6.14. The first-order chi connectivity index (χ1) is 19.4. The van der Waals surface area contributed by atoms with Crippen molar-refractivity contribution in [1.82, 2.24) is 35.2 Å². The molecule has 3 aliphatic rings. The number of hydrogen-bond acceptors (Lipinski definition) is 8. The van der Waals surface area contributed by atoms with Crippen LogP contribution in [-0.4, -0.2) is 76.3 Å². The summed E-state index contributed by atoms with van der Waals surface area (Å²) in [5, 5.41) is 9.95. The molecule has 2 N–H and O–H groups in total. The van der Waals surface area contributed by atoms with Gasteiger partial charge in [-0.2, -0.15) is 0 Å². The van der Waals surface area contributed by atoms with E-state index in [9.17, 15) is 0 Å². The minimum Gasteiger partial charge on any atom is -0.496 e. The molecule has 1 saturated heterocycles. The zero-order chi connectivity index (χ0) is 27.5. The zero-order valence-electron chi connectivity index (χ0n) is 23.5. The molecule has 9 heteroatoms. The van der Waals surface area contributed by atoms with Gasteiger partial charge in [-0.15, -0.1) is 0 Å². The first-order valence-corrected chi connectivity index (χ1v) is 13.7. The monoisotopic (exact) mass is 535 g/mol. The summed E-state index contributed by atoms with van der Waals surface area (Å²) in [6.45, 7) is 9.88. The Hall–Kier alpha value is -4.37. The second-order valence-corrected chi connectivity index (χ2v) is 10.8. The maximum absolute atomic E-state index is 5.92. The molecule has 3 aromatic heterocycles. The van der Waals surface area contributed by atoms with Crippen LogP contribution < -0.4 is 10.1 Å². The van der Waals surface area contributed by atoms with Gasteiger partial charge in [0.25, 0.3) is 0 Å². The minimum atomic E-state index is 0.0795. The molecule has 1 atom stereocenters. The number of nitrogens with one attached hydrogen (secondary N) is 2. The molecule has 7 rings (SSSR count). The Morgan fingerprint density at radius 1 is 1.05 bits per heavy atom. The van der Waals surface area contributed by atoms with Crippen LogP contribution in [0.3, 0.4) is 0 Å². The number of aromatic nitrogens is 4. The lowest BCUT2D eigenvalue weighted by atomic mass is 9.90. The number of dihydropyridines is 1. The average Bonchev–Trinajstić information content (AvgIpc) is 3.49. The van der Waals surface area contributed by atoms with Gasteiger partial charge in [-0.25, -0.2) is 9.97 Å². The average molecular weight is 536 g/mol. The fourth-order valence-corrected chi connectivity index (χ4v) is 6.14. The summed E-state index contributed by atoms with van der Waals surface area (Å²) in [5.74, 6) is 3.37. The van der Waals surface area contributed by atoms with Crippen molar-refractivity contribution in [3.63, 3.8) is 0 Å². The molecule has 0 saturated carbocycles. The fraction of sp³-hybridized carbons (Fsp3) is 0.323. The molecule has 0 radical (unpaired) electrons. The van der Waals surface area contributed by atoms with Crippen LogP contribution in [0.2, 0.25) is 0 Å². The van der Waals surface area contributed by atoms with E-state index in [4.69, 9.17) is 19.2 Å². The molecule has 0 spiro atoms. The van der Waals surface area contributed by atoms with E-state index in [2.05, 4.69) is 74.8 Å². The highest BCUT2D eigenvalue weighted by Gasteiger charge is 2.29. The molecule has 5 heterocycles. The lowest BCUT2D eigenvalue weighted by molar-refractivity contribution is 0.177. The Balaban J connectivity index is 1.46. The first-order valence-electron chi connectivity index (χ1n) is 13.7. The van der Waals surface area contributed by atoms with Crippen molar-refractivity contribution in [1.29, 1.82) is 0 Å². The van der Waals surface area contributed by atoms with E-state index in [-0.39, 0.29) is 6.04 Å². The van der Waals surface area contributed by atoms with Gasteiger partial charge in [-0.3, -0.25) is 0 Å². The number of fused-ring (bicyclic) bond motifs is 4. The third kappa shape index (κ3) is 3.92. The topological polar surface area (TPSA) is 95.3 Å². The predicted molar refractivity (Wildman–Crippen MR) is 157 cm³/mol. The summed E-state index contributed by atoms with van der Waals surface area (Å²) < 4.78 is 11.4. The third-order valence-electron chi connectivity index (χ3n) is 8.21. The van der Waals surface area contributed by atoms with Crippen LogP contribution in [-0.2, 0) is 0 Å². The lowest BCUT2D eigenvalue weighted by Crippen LogP contribution is -2.49. The van der Waals surface area contributed by atoms with Crippen LogP contribution in [0.4, 0.5) is 0 Å². The smallest absolute Gasteiger partial charge is 0.142 e. The van der Waals surface area contributed by atoms with Gasteiger partial charge in [0.05, 0.1) is 35.5 Å². The van der Waals surface area contributed by atoms with Crippen LogP contribution >= 0.6 is 0 Å². The summed E-state index contributed by atoms with van der Waals surface area (Å²) in [6, 6.07) is 4.28. The van der Waals surface area contributed by atoms with E-state index in [0.29, 0.717) is 0 Å². The number of allylic oxidation sites excluding steroid dienone is 4. The van der Waals surface area contributed by atoms with Crippen LogP contribution in [0.15, 0.2) is 58.4 Å². The third-order valence-corrected chi connectivity index (χ3v) is 8.21. The van der Waals surface area contributed by atoms with E-state index in [1.54, 1.807) is 7.11 Å². The SMILES string of the molecule is COc1cc2c(cc1-c1c(C)noc1C)[nH]c1nc(C)nc(C3=C4C=CC=CC4NC(N4CCN(C)CC4)=C3)c12. The number of rotatable bonds is 4. The Kier molecular flexibility index (Phi) is 5.78. The second-order valence-electron chi connectivity index (χ2n) is 10.8.